The second kappa shape index (κ2) is 6.66. The summed E-state index contributed by atoms with van der Waals surface area (Å²) in [6.45, 7) is 2.50. The molecule has 0 saturated carbocycles. The Hall–Kier alpha value is -1.68. The number of ether oxygens (including phenoxy) is 1. The highest BCUT2D eigenvalue weighted by atomic mass is 79.9. The van der Waals surface area contributed by atoms with Crippen LogP contribution in [0, 0.1) is 5.82 Å². The molecule has 2 rings (SSSR count). The van der Waals surface area contributed by atoms with Crippen molar-refractivity contribution in [1.29, 1.82) is 0 Å². The molecule has 0 aromatic heterocycles. The Kier molecular flexibility index (Phi) is 4.90. The lowest BCUT2D eigenvalue weighted by atomic mass is 10.0. The van der Waals surface area contributed by atoms with Gasteiger partial charge < -0.3 is 4.74 Å². The number of carbonyl (C=O) groups excluding carboxylic acids is 1. The minimum atomic E-state index is -0.325. The van der Waals surface area contributed by atoms with Gasteiger partial charge in [-0.2, -0.15) is 0 Å². The number of hydrogen-bond donors (Lipinski definition) is 0. The lowest BCUT2D eigenvalue weighted by Crippen LogP contribution is -2.04. The largest absolute Gasteiger partial charge is 0.494 e. The Labute approximate surface area is 125 Å². The van der Waals surface area contributed by atoms with Crippen molar-refractivity contribution < 1.29 is 13.9 Å². The molecule has 0 amide bonds. The normalized spacial score (nSPS) is 10.3. The van der Waals surface area contributed by atoms with Crippen LogP contribution in [0.15, 0.2) is 46.9 Å². The Bertz CT molecular complexity index is 608. The Morgan fingerprint density at radius 1 is 1.20 bits per heavy atom. The van der Waals surface area contributed by atoms with Gasteiger partial charge in [0.25, 0.3) is 0 Å². The van der Waals surface area contributed by atoms with Crippen molar-refractivity contribution in [3.63, 3.8) is 0 Å². The summed E-state index contributed by atoms with van der Waals surface area (Å²) in [6, 6.07) is 11.4. The van der Waals surface area contributed by atoms with E-state index < -0.39 is 0 Å². The van der Waals surface area contributed by atoms with E-state index in [0.717, 1.165) is 11.3 Å². The van der Waals surface area contributed by atoms with Crippen molar-refractivity contribution in [2.24, 2.45) is 0 Å². The zero-order valence-electron chi connectivity index (χ0n) is 11.0. The SMILES string of the molecule is CCOc1ccc(C(=O)Cc2ccc(F)cc2Br)cc1. The van der Waals surface area contributed by atoms with Crippen LogP contribution >= 0.6 is 15.9 Å². The van der Waals surface area contributed by atoms with Gasteiger partial charge in [0.05, 0.1) is 6.61 Å². The monoisotopic (exact) mass is 336 g/mol. The number of ketones is 1. The molecule has 104 valence electrons. The number of rotatable bonds is 5. The first-order chi connectivity index (χ1) is 9.60. The zero-order chi connectivity index (χ0) is 14.5. The maximum Gasteiger partial charge on any atom is 0.167 e. The molecular weight excluding hydrogens is 323 g/mol. The Morgan fingerprint density at radius 3 is 2.50 bits per heavy atom. The highest BCUT2D eigenvalue weighted by Gasteiger charge is 2.10. The molecule has 0 heterocycles. The second-order valence-electron chi connectivity index (χ2n) is 4.29. The van der Waals surface area contributed by atoms with Gasteiger partial charge in [-0.1, -0.05) is 22.0 Å². The van der Waals surface area contributed by atoms with Gasteiger partial charge in [0.1, 0.15) is 11.6 Å². The van der Waals surface area contributed by atoms with Gasteiger partial charge in [0, 0.05) is 16.5 Å². The number of Topliss-reactive ketones (excluding diaryl/α,β-unsaturated/α-hetero) is 1. The first-order valence-corrected chi connectivity index (χ1v) is 7.09. The van der Waals surface area contributed by atoms with Gasteiger partial charge >= 0.3 is 0 Å². The molecule has 0 saturated heterocycles. The molecule has 0 spiro atoms. The fourth-order valence-electron chi connectivity index (χ4n) is 1.84. The van der Waals surface area contributed by atoms with E-state index >= 15 is 0 Å². The average molecular weight is 337 g/mol. The fourth-order valence-corrected chi connectivity index (χ4v) is 2.33. The number of carbonyl (C=O) groups is 1. The van der Waals surface area contributed by atoms with Crippen LogP contribution in [0.25, 0.3) is 0 Å². The van der Waals surface area contributed by atoms with Crippen molar-refractivity contribution in [2.45, 2.75) is 13.3 Å². The van der Waals surface area contributed by atoms with Crippen LogP contribution in [-0.2, 0) is 6.42 Å². The Balaban J connectivity index is 2.11. The molecule has 0 aliphatic heterocycles. The minimum absolute atomic E-state index is 0.0136. The standard InChI is InChI=1S/C16H14BrFO2/c1-2-20-14-7-4-11(5-8-14)16(19)9-12-3-6-13(18)10-15(12)17/h3-8,10H,2,9H2,1H3. The summed E-state index contributed by atoms with van der Waals surface area (Å²) in [6.07, 6.45) is 0.231. The summed E-state index contributed by atoms with van der Waals surface area (Å²) in [5.41, 5.74) is 1.38. The highest BCUT2D eigenvalue weighted by Crippen LogP contribution is 2.20. The highest BCUT2D eigenvalue weighted by molar-refractivity contribution is 9.10. The summed E-state index contributed by atoms with van der Waals surface area (Å²) in [7, 11) is 0. The molecule has 4 heteroatoms. The molecular formula is C16H14BrFO2. The smallest absolute Gasteiger partial charge is 0.167 e. The van der Waals surface area contributed by atoms with Crippen molar-refractivity contribution in [3.8, 4) is 5.75 Å². The summed E-state index contributed by atoms with van der Waals surface area (Å²) in [5, 5.41) is 0. The fraction of sp³-hybridized carbons (Fsp3) is 0.188. The summed E-state index contributed by atoms with van der Waals surface area (Å²) < 4.78 is 18.9. The third-order valence-corrected chi connectivity index (χ3v) is 3.59. The van der Waals surface area contributed by atoms with Crippen molar-refractivity contribution in [3.05, 3.63) is 63.9 Å². The van der Waals surface area contributed by atoms with E-state index in [0.29, 0.717) is 16.6 Å². The zero-order valence-corrected chi connectivity index (χ0v) is 12.6. The van der Waals surface area contributed by atoms with E-state index in [2.05, 4.69) is 15.9 Å². The van der Waals surface area contributed by atoms with Crippen molar-refractivity contribution in [1.82, 2.24) is 0 Å². The molecule has 20 heavy (non-hydrogen) atoms. The van der Waals surface area contributed by atoms with Crippen LogP contribution in [0.1, 0.15) is 22.8 Å². The first-order valence-electron chi connectivity index (χ1n) is 6.30. The van der Waals surface area contributed by atoms with E-state index in [-0.39, 0.29) is 18.0 Å². The van der Waals surface area contributed by atoms with Crippen LogP contribution in [0.4, 0.5) is 4.39 Å². The molecule has 0 bridgehead atoms. The van der Waals surface area contributed by atoms with Gasteiger partial charge in [-0.3, -0.25) is 4.79 Å². The third-order valence-electron chi connectivity index (χ3n) is 2.85. The van der Waals surface area contributed by atoms with Gasteiger partial charge in [-0.05, 0) is 48.9 Å². The van der Waals surface area contributed by atoms with E-state index in [9.17, 15) is 9.18 Å². The first kappa shape index (κ1) is 14.7. The van der Waals surface area contributed by atoms with Crippen LogP contribution in [0.3, 0.4) is 0 Å². The second-order valence-corrected chi connectivity index (χ2v) is 5.15. The maximum atomic E-state index is 13.0. The van der Waals surface area contributed by atoms with Gasteiger partial charge in [0.2, 0.25) is 0 Å². The number of benzene rings is 2. The quantitative estimate of drug-likeness (QED) is 0.756. The average Bonchev–Trinajstić information content (AvgIpc) is 2.43. The number of hydrogen-bond acceptors (Lipinski definition) is 2. The van der Waals surface area contributed by atoms with E-state index in [1.54, 1.807) is 30.3 Å². The van der Waals surface area contributed by atoms with E-state index in [1.165, 1.54) is 12.1 Å². The van der Waals surface area contributed by atoms with E-state index in [1.807, 2.05) is 6.92 Å². The molecule has 0 N–H and O–H groups in total. The van der Waals surface area contributed by atoms with Crippen molar-refractivity contribution >= 4 is 21.7 Å². The molecule has 2 aromatic rings. The molecule has 0 aliphatic rings. The van der Waals surface area contributed by atoms with Crippen LogP contribution in [0.5, 0.6) is 5.75 Å². The van der Waals surface area contributed by atoms with Gasteiger partial charge in [-0.25, -0.2) is 4.39 Å². The lowest BCUT2D eigenvalue weighted by Gasteiger charge is -2.06. The van der Waals surface area contributed by atoms with Gasteiger partial charge in [0.15, 0.2) is 5.78 Å². The van der Waals surface area contributed by atoms with Crippen LogP contribution < -0.4 is 4.74 Å². The van der Waals surface area contributed by atoms with E-state index in [4.69, 9.17) is 4.74 Å². The number of halogens is 2. The summed E-state index contributed by atoms with van der Waals surface area (Å²) in [4.78, 5) is 12.2. The Morgan fingerprint density at radius 2 is 1.90 bits per heavy atom. The molecule has 0 unspecified atom stereocenters. The molecule has 0 radical (unpaired) electrons. The predicted molar refractivity (Wildman–Crippen MR) is 79.7 cm³/mol. The molecule has 2 aromatic carbocycles. The van der Waals surface area contributed by atoms with Crippen LogP contribution in [-0.4, -0.2) is 12.4 Å². The summed E-state index contributed by atoms with van der Waals surface area (Å²) in [5.74, 6) is 0.404. The minimum Gasteiger partial charge on any atom is -0.494 e. The molecule has 0 aliphatic carbocycles. The maximum absolute atomic E-state index is 13.0. The predicted octanol–water partition coefficient (Wildman–Crippen LogP) is 4.41. The molecule has 0 fully saturated rings. The lowest BCUT2D eigenvalue weighted by molar-refractivity contribution is 0.0992. The van der Waals surface area contributed by atoms with Crippen LogP contribution in [0.2, 0.25) is 0 Å². The van der Waals surface area contributed by atoms with Crippen molar-refractivity contribution in [2.75, 3.05) is 6.61 Å². The third kappa shape index (κ3) is 3.67. The molecule has 2 nitrogen and oxygen atoms in total. The topological polar surface area (TPSA) is 26.3 Å². The van der Waals surface area contributed by atoms with Gasteiger partial charge in [-0.15, -0.1) is 0 Å². The summed E-state index contributed by atoms with van der Waals surface area (Å²) >= 11 is 3.27. The molecule has 0 atom stereocenters.